The lowest BCUT2D eigenvalue weighted by Crippen LogP contribution is -2.60. The van der Waals surface area contributed by atoms with Gasteiger partial charge in [-0.05, 0) is 59.7 Å². The molecule has 0 radical (unpaired) electrons. The number of rotatable bonds is 5. The topological polar surface area (TPSA) is 88.2 Å². The van der Waals surface area contributed by atoms with Crippen LogP contribution in [0.5, 0.6) is 11.5 Å². The van der Waals surface area contributed by atoms with Gasteiger partial charge in [-0.3, -0.25) is 14.4 Å². The molecular weight excluding hydrogens is 572 g/mol. The zero-order valence-electron chi connectivity index (χ0n) is 21.5. The van der Waals surface area contributed by atoms with Crippen LogP contribution in [0.2, 0.25) is 0 Å². The summed E-state index contributed by atoms with van der Waals surface area (Å²) in [5.41, 5.74) is 0.0401. The molecular formula is C28H21F6N3O5. The molecule has 1 atom stereocenters. The Morgan fingerprint density at radius 1 is 0.881 bits per heavy atom. The second-order valence-corrected chi connectivity index (χ2v) is 9.49. The van der Waals surface area contributed by atoms with E-state index >= 15 is 0 Å². The lowest BCUT2D eigenvalue weighted by atomic mass is 9.99. The molecule has 0 spiro atoms. The number of benzene rings is 3. The monoisotopic (exact) mass is 593 g/mol. The summed E-state index contributed by atoms with van der Waals surface area (Å²) >= 11 is 0. The standard InChI is InChI=1S/C28H21F6N3O5/c29-27(30,31)18-3-1-2-16(12-18)17-4-9-22-21(13-17)26(40)37-11-10-36(14-23(37)25(39)35-22)24(38)15-41-19-5-7-20(8-6-19)42-28(32,33)34/h1-9,12-13,23H,10-11,14-15H2,(H,35,39). The second-order valence-electron chi connectivity index (χ2n) is 9.49. The highest BCUT2D eigenvalue weighted by Gasteiger charge is 2.40. The smallest absolute Gasteiger partial charge is 0.484 e. The molecule has 8 nitrogen and oxygen atoms in total. The van der Waals surface area contributed by atoms with Crippen LogP contribution in [-0.4, -0.2) is 66.2 Å². The number of ether oxygens (including phenoxy) is 2. The quantitative estimate of drug-likeness (QED) is 0.423. The van der Waals surface area contributed by atoms with E-state index in [0.717, 1.165) is 24.3 Å². The van der Waals surface area contributed by atoms with Crippen molar-refractivity contribution >= 4 is 23.4 Å². The predicted molar refractivity (Wildman–Crippen MR) is 136 cm³/mol. The largest absolute Gasteiger partial charge is 0.573 e. The maximum Gasteiger partial charge on any atom is 0.573 e. The fraction of sp³-hybridized carbons (Fsp3) is 0.250. The van der Waals surface area contributed by atoms with Gasteiger partial charge in [-0.1, -0.05) is 18.2 Å². The van der Waals surface area contributed by atoms with Gasteiger partial charge in [-0.15, -0.1) is 13.2 Å². The minimum Gasteiger partial charge on any atom is -0.484 e. The van der Waals surface area contributed by atoms with Crippen LogP contribution in [0.4, 0.5) is 32.0 Å². The number of alkyl halides is 6. The number of hydrogen-bond acceptors (Lipinski definition) is 5. The van der Waals surface area contributed by atoms with Gasteiger partial charge in [0.1, 0.15) is 17.5 Å². The van der Waals surface area contributed by atoms with E-state index in [1.807, 2.05) is 0 Å². The average Bonchev–Trinajstić information content (AvgIpc) is 3.04. The number of carbonyl (C=O) groups is 3. The Morgan fingerprint density at radius 3 is 2.26 bits per heavy atom. The van der Waals surface area contributed by atoms with Crippen LogP contribution in [0.3, 0.4) is 0 Å². The molecule has 3 amide bonds. The molecule has 1 unspecified atom stereocenters. The Morgan fingerprint density at radius 2 is 1.57 bits per heavy atom. The van der Waals surface area contributed by atoms with Gasteiger partial charge in [0.25, 0.3) is 11.8 Å². The first kappa shape index (κ1) is 28.8. The van der Waals surface area contributed by atoms with E-state index in [4.69, 9.17) is 4.74 Å². The Bertz CT molecular complexity index is 1520. The highest BCUT2D eigenvalue weighted by molar-refractivity contribution is 6.10. The van der Waals surface area contributed by atoms with Crippen LogP contribution in [0.25, 0.3) is 11.1 Å². The number of fused-ring (bicyclic) bond motifs is 2. The number of hydrogen-bond donors (Lipinski definition) is 1. The molecule has 1 N–H and O–H groups in total. The van der Waals surface area contributed by atoms with E-state index < -0.39 is 54.2 Å². The summed E-state index contributed by atoms with van der Waals surface area (Å²) in [6.07, 6.45) is -9.39. The van der Waals surface area contributed by atoms with Gasteiger partial charge < -0.3 is 24.6 Å². The van der Waals surface area contributed by atoms with Crippen LogP contribution in [0.15, 0.2) is 66.7 Å². The van der Waals surface area contributed by atoms with Crippen LogP contribution >= 0.6 is 0 Å². The molecule has 0 bridgehead atoms. The molecule has 2 aliphatic rings. The molecule has 14 heteroatoms. The van der Waals surface area contributed by atoms with Crippen molar-refractivity contribution in [2.45, 2.75) is 18.6 Å². The summed E-state index contributed by atoms with van der Waals surface area (Å²) in [6, 6.07) is 12.5. The summed E-state index contributed by atoms with van der Waals surface area (Å²) in [7, 11) is 0. The maximum atomic E-state index is 13.5. The minimum atomic E-state index is -4.85. The molecule has 3 aromatic rings. The third kappa shape index (κ3) is 6.26. The van der Waals surface area contributed by atoms with Gasteiger partial charge >= 0.3 is 12.5 Å². The zero-order valence-corrected chi connectivity index (χ0v) is 21.5. The van der Waals surface area contributed by atoms with E-state index in [2.05, 4.69) is 10.1 Å². The molecule has 0 saturated carbocycles. The van der Waals surface area contributed by atoms with E-state index in [-0.39, 0.29) is 42.2 Å². The molecule has 220 valence electrons. The second kappa shape index (κ2) is 10.9. The van der Waals surface area contributed by atoms with Gasteiger partial charge in [0.05, 0.1) is 23.4 Å². The lowest BCUT2D eigenvalue weighted by molar-refractivity contribution is -0.274. The van der Waals surface area contributed by atoms with Gasteiger partial charge in [0.15, 0.2) is 6.61 Å². The van der Waals surface area contributed by atoms with Gasteiger partial charge in [-0.25, -0.2) is 0 Å². The third-order valence-electron chi connectivity index (χ3n) is 6.75. The minimum absolute atomic E-state index is 0.000630. The molecule has 42 heavy (non-hydrogen) atoms. The third-order valence-corrected chi connectivity index (χ3v) is 6.75. The fourth-order valence-corrected chi connectivity index (χ4v) is 4.71. The number of halogens is 6. The molecule has 0 aromatic heterocycles. The molecule has 2 heterocycles. The Kier molecular flexibility index (Phi) is 7.47. The summed E-state index contributed by atoms with van der Waals surface area (Å²) < 4.78 is 85.7. The first-order chi connectivity index (χ1) is 19.8. The van der Waals surface area contributed by atoms with Crippen LogP contribution in [-0.2, 0) is 15.8 Å². The van der Waals surface area contributed by atoms with Gasteiger partial charge in [0, 0.05) is 13.1 Å². The van der Waals surface area contributed by atoms with Crippen molar-refractivity contribution in [3.63, 3.8) is 0 Å². The van der Waals surface area contributed by atoms with Crippen molar-refractivity contribution < 1.29 is 50.2 Å². The summed E-state index contributed by atoms with van der Waals surface area (Å²) in [5.74, 6) is -1.92. The fourth-order valence-electron chi connectivity index (χ4n) is 4.71. The number of amides is 3. The van der Waals surface area contributed by atoms with Crippen molar-refractivity contribution in [3.05, 3.63) is 77.9 Å². The van der Waals surface area contributed by atoms with Crippen LogP contribution < -0.4 is 14.8 Å². The first-order valence-corrected chi connectivity index (χ1v) is 12.5. The van der Waals surface area contributed by atoms with Gasteiger partial charge in [-0.2, -0.15) is 13.2 Å². The Hall–Kier alpha value is -4.75. The number of nitrogens with zero attached hydrogens (tertiary/aromatic N) is 2. The summed E-state index contributed by atoms with van der Waals surface area (Å²) in [4.78, 5) is 42.0. The van der Waals surface area contributed by atoms with E-state index in [0.29, 0.717) is 5.56 Å². The molecule has 5 rings (SSSR count). The normalized spacial score (nSPS) is 17.1. The number of anilines is 1. The van der Waals surface area contributed by atoms with Crippen molar-refractivity contribution in [2.75, 3.05) is 31.6 Å². The maximum absolute atomic E-state index is 13.5. The zero-order chi connectivity index (χ0) is 30.2. The van der Waals surface area contributed by atoms with Gasteiger partial charge in [0.2, 0.25) is 5.91 Å². The van der Waals surface area contributed by atoms with Crippen molar-refractivity contribution in [3.8, 4) is 22.6 Å². The van der Waals surface area contributed by atoms with E-state index in [1.165, 1.54) is 52.3 Å². The van der Waals surface area contributed by atoms with Crippen molar-refractivity contribution in [1.82, 2.24) is 9.80 Å². The Labute approximate surface area is 234 Å². The summed E-state index contributed by atoms with van der Waals surface area (Å²) in [5, 5.41) is 2.66. The van der Waals surface area contributed by atoms with Crippen LogP contribution in [0, 0.1) is 0 Å². The average molecular weight is 593 g/mol. The lowest BCUT2D eigenvalue weighted by Gasteiger charge is -2.39. The molecule has 1 fully saturated rings. The molecule has 2 aliphatic heterocycles. The summed E-state index contributed by atoms with van der Waals surface area (Å²) in [6.45, 7) is -0.549. The van der Waals surface area contributed by atoms with Crippen LogP contribution in [0.1, 0.15) is 15.9 Å². The number of carbonyl (C=O) groups excluding carboxylic acids is 3. The first-order valence-electron chi connectivity index (χ1n) is 12.5. The highest BCUT2D eigenvalue weighted by atomic mass is 19.4. The SMILES string of the molecule is O=C1Nc2ccc(-c3cccc(C(F)(F)F)c3)cc2C(=O)N2CCN(C(=O)COc3ccc(OC(F)(F)F)cc3)CC12. The molecule has 0 aliphatic carbocycles. The van der Waals surface area contributed by atoms with Crippen molar-refractivity contribution in [1.29, 1.82) is 0 Å². The molecule has 1 saturated heterocycles. The predicted octanol–water partition coefficient (Wildman–Crippen LogP) is 4.96. The van der Waals surface area contributed by atoms with Crippen molar-refractivity contribution in [2.24, 2.45) is 0 Å². The van der Waals surface area contributed by atoms with E-state index in [9.17, 15) is 40.7 Å². The van der Waals surface area contributed by atoms with E-state index in [1.54, 1.807) is 0 Å². The number of nitrogens with one attached hydrogen (secondary N) is 1. The highest BCUT2D eigenvalue weighted by Crippen LogP contribution is 2.34. The Balaban J connectivity index is 1.26. The number of piperazine rings is 1. The molecule has 3 aromatic carbocycles.